The Hall–Kier alpha value is -1.55. The van der Waals surface area contributed by atoms with Crippen molar-refractivity contribution in [2.75, 3.05) is 26.8 Å². The van der Waals surface area contributed by atoms with E-state index in [4.69, 9.17) is 9.47 Å². The summed E-state index contributed by atoms with van der Waals surface area (Å²) in [5, 5.41) is 0. The largest absolute Gasteiger partial charge is 0.492 e. The molecule has 1 aliphatic rings. The van der Waals surface area contributed by atoms with Crippen LogP contribution in [0.2, 0.25) is 0 Å². The number of nitrogens with zero attached hydrogens (tertiary/aromatic N) is 1. The van der Waals surface area contributed by atoms with Crippen LogP contribution in [-0.4, -0.2) is 43.7 Å². The topological polar surface area (TPSA) is 38.8 Å². The fourth-order valence-electron chi connectivity index (χ4n) is 2.79. The number of carbonyl (C=O) groups is 1. The average molecular weight is 277 g/mol. The molecule has 0 aromatic heterocycles. The summed E-state index contributed by atoms with van der Waals surface area (Å²) in [6.45, 7) is 6.42. The summed E-state index contributed by atoms with van der Waals surface area (Å²) in [7, 11) is 1.45. The van der Waals surface area contributed by atoms with E-state index in [2.05, 4.69) is 24.8 Å². The van der Waals surface area contributed by atoms with Gasteiger partial charge >= 0.3 is 5.97 Å². The molecule has 0 radical (unpaired) electrons. The number of carbonyl (C=O) groups excluding carboxylic acids is 1. The van der Waals surface area contributed by atoms with Gasteiger partial charge in [-0.3, -0.25) is 9.69 Å². The number of benzene rings is 1. The second kappa shape index (κ2) is 6.75. The number of esters is 1. The zero-order chi connectivity index (χ0) is 14.5. The van der Waals surface area contributed by atoms with E-state index >= 15 is 0 Å². The maximum Gasteiger partial charge on any atom is 0.323 e. The molecule has 1 unspecified atom stereocenters. The van der Waals surface area contributed by atoms with Gasteiger partial charge in [0.2, 0.25) is 0 Å². The first kappa shape index (κ1) is 14.9. The maximum atomic E-state index is 11.6. The quantitative estimate of drug-likeness (QED) is 0.774. The third kappa shape index (κ3) is 3.73. The van der Waals surface area contributed by atoms with Gasteiger partial charge in [-0.05, 0) is 56.5 Å². The third-order valence-corrected chi connectivity index (χ3v) is 3.68. The molecular formula is C16H23NO3. The summed E-state index contributed by atoms with van der Waals surface area (Å²) < 4.78 is 10.6. The standard InChI is InChI=1S/C16H23NO3/c1-12-9-13(2)11-14(10-12)20-8-7-17-6-4-5-15(17)16(18)19-3/h9-11,15H,4-8H2,1-3H3. The zero-order valence-electron chi connectivity index (χ0n) is 12.5. The van der Waals surface area contributed by atoms with Gasteiger partial charge in [0.05, 0.1) is 7.11 Å². The summed E-state index contributed by atoms with van der Waals surface area (Å²) in [6.07, 6.45) is 1.93. The van der Waals surface area contributed by atoms with Crippen LogP contribution in [-0.2, 0) is 9.53 Å². The van der Waals surface area contributed by atoms with Crippen molar-refractivity contribution in [3.8, 4) is 5.75 Å². The highest BCUT2D eigenvalue weighted by Gasteiger charge is 2.30. The minimum atomic E-state index is -0.131. The number of methoxy groups -OCH3 is 1. The lowest BCUT2D eigenvalue weighted by molar-refractivity contribution is -0.145. The Morgan fingerprint density at radius 3 is 2.65 bits per heavy atom. The summed E-state index contributed by atoms with van der Waals surface area (Å²) >= 11 is 0. The summed E-state index contributed by atoms with van der Waals surface area (Å²) in [5.41, 5.74) is 2.40. The molecule has 110 valence electrons. The van der Waals surface area contributed by atoms with Gasteiger partial charge in [0, 0.05) is 6.54 Å². The van der Waals surface area contributed by atoms with E-state index < -0.39 is 0 Å². The van der Waals surface area contributed by atoms with E-state index in [1.54, 1.807) is 0 Å². The molecule has 1 fully saturated rings. The first-order valence-electron chi connectivity index (χ1n) is 7.13. The van der Waals surface area contributed by atoms with E-state index in [1.807, 2.05) is 12.1 Å². The molecule has 0 bridgehead atoms. The lowest BCUT2D eigenvalue weighted by atomic mass is 10.1. The van der Waals surface area contributed by atoms with Gasteiger partial charge in [0.25, 0.3) is 0 Å². The Morgan fingerprint density at radius 1 is 1.30 bits per heavy atom. The van der Waals surface area contributed by atoms with E-state index in [0.717, 1.165) is 31.7 Å². The molecule has 1 aromatic carbocycles. The van der Waals surface area contributed by atoms with Crippen LogP contribution in [0.5, 0.6) is 5.75 Å². The van der Waals surface area contributed by atoms with Gasteiger partial charge in [0.15, 0.2) is 0 Å². The lowest BCUT2D eigenvalue weighted by Crippen LogP contribution is -2.39. The highest BCUT2D eigenvalue weighted by Crippen LogP contribution is 2.19. The highest BCUT2D eigenvalue weighted by molar-refractivity contribution is 5.75. The molecule has 20 heavy (non-hydrogen) atoms. The molecule has 1 atom stereocenters. The number of rotatable bonds is 5. The fourth-order valence-corrected chi connectivity index (χ4v) is 2.79. The summed E-state index contributed by atoms with van der Waals surface area (Å²) in [5.74, 6) is 0.769. The van der Waals surface area contributed by atoms with E-state index in [0.29, 0.717) is 6.61 Å². The first-order chi connectivity index (χ1) is 9.60. The minimum Gasteiger partial charge on any atom is -0.492 e. The molecule has 1 heterocycles. The molecule has 1 aromatic rings. The number of ether oxygens (including phenoxy) is 2. The van der Waals surface area contributed by atoms with Crippen LogP contribution < -0.4 is 4.74 Å². The number of hydrogen-bond donors (Lipinski definition) is 0. The van der Waals surface area contributed by atoms with Crippen molar-refractivity contribution in [2.24, 2.45) is 0 Å². The molecular weight excluding hydrogens is 254 g/mol. The molecule has 4 nitrogen and oxygen atoms in total. The number of aryl methyl sites for hydroxylation is 2. The van der Waals surface area contributed by atoms with Crippen molar-refractivity contribution in [2.45, 2.75) is 32.7 Å². The van der Waals surface area contributed by atoms with Crippen LogP contribution in [0.4, 0.5) is 0 Å². The SMILES string of the molecule is COC(=O)C1CCCN1CCOc1cc(C)cc(C)c1. The summed E-state index contributed by atoms with van der Waals surface area (Å²) in [6, 6.07) is 6.10. The Morgan fingerprint density at radius 2 is 2.00 bits per heavy atom. The highest BCUT2D eigenvalue weighted by atomic mass is 16.5. The van der Waals surface area contributed by atoms with Gasteiger partial charge in [-0.1, -0.05) is 6.07 Å². The molecule has 0 N–H and O–H groups in total. The second-order valence-corrected chi connectivity index (χ2v) is 5.39. The van der Waals surface area contributed by atoms with E-state index in [1.165, 1.54) is 18.2 Å². The van der Waals surface area contributed by atoms with Crippen molar-refractivity contribution in [1.82, 2.24) is 4.90 Å². The predicted molar refractivity (Wildman–Crippen MR) is 78.0 cm³/mol. The molecule has 4 heteroatoms. The summed E-state index contributed by atoms with van der Waals surface area (Å²) in [4.78, 5) is 13.8. The molecule has 0 spiro atoms. The molecule has 0 saturated carbocycles. The van der Waals surface area contributed by atoms with Gasteiger partial charge < -0.3 is 9.47 Å². The Kier molecular flexibility index (Phi) is 5.01. The monoisotopic (exact) mass is 277 g/mol. The van der Waals surface area contributed by atoms with Gasteiger partial charge in [-0.25, -0.2) is 0 Å². The smallest absolute Gasteiger partial charge is 0.323 e. The molecule has 1 saturated heterocycles. The van der Waals surface area contributed by atoms with Crippen molar-refractivity contribution in [3.63, 3.8) is 0 Å². The van der Waals surface area contributed by atoms with Gasteiger partial charge in [-0.15, -0.1) is 0 Å². The second-order valence-electron chi connectivity index (χ2n) is 5.39. The Labute approximate surface area is 120 Å². The Balaban J connectivity index is 1.84. The van der Waals surface area contributed by atoms with Crippen molar-refractivity contribution in [1.29, 1.82) is 0 Å². The zero-order valence-corrected chi connectivity index (χ0v) is 12.5. The third-order valence-electron chi connectivity index (χ3n) is 3.68. The van der Waals surface area contributed by atoms with E-state index in [9.17, 15) is 4.79 Å². The van der Waals surface area contributed by atoms with Crippen LogP contribution in [0.3, 0.4) is 0 Å². The number of hydrogen-bond acceptors (Lipinski definition) is 4. The molecule has 0 aliphatic carbocycles. The van der Waals surface area contributed by atoms with Crippen molar-refractivity contribution in [3.05, 3.63) is 29.3 Å². The van der Waals surface area contributed by atoms with Crippen LogP contribution in [0.15, 0.2) is 18.2 Å². The molecule has 2 rings (SSSR count). The average Bonchev–Trinajstić information content (AvgIpc) is 2.85. The maximum absolute atomic E-state index is 11.6. The Bertz CT molecular complexity index is 453. The van der Waals surface area contributed by atoms with Crippen LogP contribution in [0.25, 0.3) is 0 Å². The van der Waals surface area contributed by atoms with E-state index in [-0.39, 0.29) is 12.0 Å². The first-order valence-corrected chi connectivity index (χ1v) is 7.13. The van der Waals surface area contributed by atoms with Gasteiger partial charge in [-0.2, -0.15) is 0 Å². The van der Waals surface area contributed by atoms with Gasteiger partial charge in [0.1, 0.15) is 18.4 Å². The lowest BCUT2D eigenvalue weighted by Gasteiger charge is -2.22. The van der Waals surface area contributed by atoms with Crippen molar-refractivity contribution >= 4 is 5.97 Å². The predicted octanol–water partition coefficient (Wildman–Crippen LogP) is 2.32. The minimum absolute atomic E-state index is 0.0946. The number of likely N-dealkylation sites (tertiary alicyclic amines) is 1. The molecule has 1 aliphatic heterocycles. The van der Waals surface area contributed by atoms with Crippen LogP contribution >= 0.6 is 0 Å². The van der Waals surface area contributed by atoms with Crippen LogP contribution in [0.1, 0.15) is 24.0 Å². The van der Waals surface area contributed by atoms with Crippen molar-refractivity contribution < 1.29 is 14.3 Å². The fraction of sp³-hybridized carbons (Fsp3) is 0.562. The van der Waals surface area contributed by atoms with Crippen LogP contribution in [0, 0.1) is 13.8 Å². The molecule has 0 amide bonds. The normalized spacial score (nSPS) is 19.1.